The standard InChI is InChI=1S/C21H19NS/c23-17-7-8-18-13-15-21(16-14-18)22(19-9-3-1-4-10-19)20-11-5-2-6-12-20/h1-16,23H,17H2. The van der Waals surface area contributed by atoms with Gasteiger partial charge in [0.25, 0.3) is 0 Å². The minimum atomic E-state index is 0.752. The van der Waals surface area contributed by atoms with E-state index in [0.29, 0.717) is 0 Å². The van der Waals surface area contributed by atoms with Gasteiger partial charge in [-0.05, 0) is 42.0 Å². The van der Waals surface area contributed by atoms with Crippen LogP contribution >= 0.6 is 12.6 Å². The second-order valence-corrected chi connectivity index (χ2v) is 5.55. The van der Waals surface area contributed by atoms with Crippen molar-refractivity contribution in [2.45, 2.75) is 0 Å². The lowest BCUT2D eigenvalue weighted by molar-refractivity contribution is 1.28. The Morgan fingerprint density at radius 3 is 1.61 bits per heavy atom. The van der Waals surface area contributed by atoms with Gasteiger partial charge in [0, 0.05) is 22.8 Å². The van der Waals surface area contributed by atoms with E-state index in [2.05, 4.69) is 96.4 Å². The Bertz CT molecular complexity index is 709. The normalized spacial score (nSPS) is 10.8. The summed E-state index contributed by atoms with van der Waals surface area (Å²) in [6, 6.07) is 29.4. The third-order valence-electron chi connectivity index (χ3n) is 3.60. The molecule has 0 aliphatic rings. The molecule has 0 N–H and O–H groups in total. The predicted molar refractivity (Wildman–Crippen MR) is 104 cm³/mol. The zero-order valence-corrected chi connectivity index (χ0v) is 13.7. The molecule has 0 radical (unpaired) electrons. The molecule has 0 aliphatic carbocycles. The summed E-state index contributed by atoms with van der Waals surface area (Å²) in [5.74, 6) is 0.752. The highest BCUT2D eigenvalue weighted by Gasteiger charge is 2.10. The SMILES string of the molecule is SCC=Cc1ccc(N(c2ccccc2)c2ccccc2)cc1. The molecule has 2 heteroatoms. The molecule has 0 aliphatic heterocycles. The van der Waals surface area contributed by atoms with Crippen molar-refractivity contribution >= 4 is 35.8 Å². The molecule has 3 rings (SSSR count). The van der Waals surface area contributed by atoms with Crippen molar-refractivity contribution in [1.29, 1.82) is 0 Å². The first-order chi connectivity index (χ1) is 11.4. The van der Waals surface area contributed by atoms with E-state index in [4.69, 9.17) is 0 Å². The van der Waals surface area contributed by atoms with E-state index in [1.807, 2.05) is 18.2 Å². The lowest BCUT2D eigenvalue weighted by Gasteiger charge is -2.25. The van der Waals surface area contributed by atoms with Crippen LogP contribution in [0.15, 0.2) is 91.0 Å². The van der Waals surface area contributed by atoms with Crippen molar-refractivity contribution in [3.63, 3.8) is 0 Å². The van der Waals surface area contributed by atoms with Crippen molar-refractivity contribution in [1.82, 2.24) is 0 Å². The number of hydrogen-bond acceptors (Lipinski definition) is 2. The minimum absolute atomic E-state index is 0.752. The van der Waals surface area contributed by atoms with Gasteiger partial charge in [0.2, 0.25) is 0 Å². The number of hydrogen-bond donors (Lipinski definition) is 1. The molecular weight excluding hydrogens is 298 g/mol. The number of thiol groups is 1. The molecule has 3 aromatic rings. The van der Waals surface area contributed by atoms with E-state index in [-0.39, 0.29) is 0 Å². The average molecular weight is 317 g/mol. The van der Waals surface area contributed by atoms with E-state index in [1.54, 1.807) is 0 Å². The smallest absolute Gasteiger partial charge is 0.0462 e. The van der Waals surface area contributed by atoms with Gasteiger partial charge in [-0.3, -0.25) is 0 Å². The number of rotatable bonds is 5. The fourth-order valence-corrected chi connectivity index (χ4v) is 2.63. The Morgan fingerprint density at radius 2 is 1.13 bits per heavy atom. The van der Waals surface area contributed by atoms with E-state index in [0.717, 1.165) is 22.8 Å². The maximum atomic E-state index is 4.20. The fraction of sp³-hybridized carbons (Fsp3) is 0.0476. The average Bonchev–Trinajstić information content (AvgIpc) is 2.63. The second-order valence-electron chi connectivity index (χ2n) is 5.18. The van der Waals surface area contributed by atoms with Gasteiger partial charge in [-0.15, -0.1) is 0 Å². The van der Waals surface area contributed by atoms with Crippen molar-refractivity contribution in [2.75, 3.05) is 10.7 Å². The highest BCUT2D eigenvalue weighted by atomic mass is 32.1. The van der Waals surface area contributed by atoms with Gasteiger partial charge in [-0.1, -0.05) is 60.7 Å². The van der Waals surface area contributed by atoms with Crippen LogP contribution in [-0.2, 0) is 0 Å². The van der Waals surface area contributed by atoms with E-state index < -0.39 is 0 Å². The summed E-state index contributed by atoms with van der Waals surface area (Å²) in [5, 5.41) is 0. The Labute approximate surface area is 143 Å². The number of nitrogens with zero attached hydrogens (tertiary/aromatic N) is 1. The van der Waals surface area contributed by atoms with E-state index >= 15 is 0 Å². The fourth-order valence-electron chi connectivity index (χ4n) is 2.52. The van der Waals surface area contributed by atoms with Gasteiger partial charge in [0.15, 0.2) is 0 Å². The second kappa shape index (κ2) is 7.70. The van der Waals surface area contributed by atoms with Crippen LogP contribution < -0.4 is 4.90 Å². The Morgan fingerprint density at radius 1 is 0.652 bits per heavy atom. The van der Waals surface area contributed by atoms with Crippen LogP contribution in [0.4, 0.5) is 17.1 Å². The third kappa shape index (κ3) is 3.85. The maximum absolute atomic E-state index is 4.20. The Hall–Kier alpha value is -2.45. The van der Waals surface area contributed by atoms with Gasteiger partial charge >= 0.3 is 0 Å². The van der Waals surface area contributed by atoms with Crippen molar-refractivity contribution in [3.8, 4) is 0 Å². The summed E-state index contributed by atoms with van der Waals surface area (Å²) in [7, 11) is 0. The molecule has 0 atom stereocenters. The van der Waals surface area contributed by atoms with Crippen LogP contribution in [0.2, 0.25) is 0 Å². The molecule has 0 unspecified atom stereocenters. The molecular formula is C21H19NS. The summed E-state index contributed by atoms with van der Waals surface area (Å²) in [4.78, 5) is 2.26. The highest BCUT2D eigenvalue weighted by Crippen LogP contribution is 2.34. The molecule has 23 heavy (non-hydrogen) atoms. The maximum Gasteiger partial charge on any atom is 0.0462 e. The monoisotopic (exact) mass is 317 g/mol. The van der Waals surface area contributed by atoms with Crippen molar-refractivity contribution in [3.05, 3.63) is 96.6 Å². The van der Waals surface area contributed by atoms with Crippen LogP contribution in [0.1, 0.15) is 5.56 Å². The summed E-state index contributed by atoms with van der Waals surface area (Å²) >= 11 is 4.20. The van der Waals surface area contributed by atoms with Gasteiger partial charge in [0.05, 0.1) is 0 Å². The first-order valence-corrected chi connectivity index (χ1v) is 8.29. The molecule has 0 saturated heterocycles. The molecule has 0 spiro atoms. The molecule has 3 aromatic carbocycles. The van der Waals surface area contributed by atoms with Gasteiger partial charge in [-0.2, -0.15) is 12.6 Å². The first-order valence-electron chi connectivity index (χ1n) is 7.66. The van der Waals surface area contributed by atoms with Crippen LogP contribution in [0.25, 0.3) is 6.08 Å². The molecule has 0 fully saturated rings. The number of anilines is 3. The van der Waals surface area contributed by atoms with Crippen LogP contribution in [0, 0.1) is 0 Å². The molecule has 114 valence electrons. The van der Waals surface area contributed by atoms with Gasteiger partial charge in [-0.25, -0.2) is 0 Å². The van der Waals surface area contributed by atoms with Gasteiger partial charge < -0.3 is 4.90 Å². The third-order valence-corrected chi connectivity index (χ3v) is 3.81. The van der Waals surface area contributed by atoms with Crippen molar-refractivity contribution in [2.24, 2.45) is 0 Å². The van der Waals surface area contributed by atoms with Crippen molar-refractivity contribution < 1.29 is 0 Å². The van der Waals surface area contributed by atoms with E-state index in [1.165, 1.54) is 5.56 Å². The summed E-state index contributed by atoms with van der Waals surface area (Å²) in [6.07, 6.45) is 4.14. The molecule has 0 bridgehead atoms. The lowest BCUT2D eigenvalue weighted by Crippen LogP contribution is -2.09. The summed E-state index contributed by atoms with van der Waals surface area (Å²) in [5.41, 5.74) is 4.63. The molecule has 0 saturated carbocycles. The first kappa shape index (κ1) is 15.4. The van der Waals surface area contributed by atoms with Crippen LogP contribution in [0.3, 0.4) is 0 Å². The van der Waals surface area contributed by atoms with Crippen LogP contribution in [-0.4, -0.2) is 5.75 Å². The van der Waals surface area contributed by atoms with Crippen LogP contribution in [0.5, 0.6) is 0 Å². The number of para-hydroxylation sites is 2. The lowest BCUT2D eigenvalue weighted by atomic mass is 10.1. The van der Waals surface area contributed by atoms with E-state index in [9.17, 15) is 0 Å². The topological polar surface area (TPSA) is 3.24 Å². The quantitative estimate of drug-likeness (QED) is 0.556. The van der Waals surface area contributed by atoms with Gasteiger partial charge in [0.1, 0.15) is 0 Å². The minimum Gasteiger partial charge on any atom is -0.311 e. The zero-order valence-electron chi connectivity index (χ0n) is 12.8. The Kier molecular flexibility index (Phi) is 5.17. The molecule has 0 amide bonds. The summed E-state index contributed by atoms with van der Waals surface area (Å²) < 4.78 is 0. The molecule has 0 heterocycles. The highest BCUT2D eigenvalue weighted by molar-refractivity contribution is 7.80. The largest absolute Gasteiger partial charge is 0.311 e. The predicted octanol–water partition coefficient (Wildman–Crippen LogP) is 6.10. The molecule has 0 aromatic heterocycles. The number of benzene rings is 3. The Balaban J connectivity index is 2.00. The summed E-state index contributed by atoms with van der Waals surface area (Å²) in [6.45, 7) is 0. The zero-order chi connectivity index (χ0) is 15.9. The molecule has 1 nitrogen and oxygen atoms in total.